The first-order chi connectivity index (χ1) is 12.7. The average Bonchev–Trinajstić information content (AvgIpc) is 2.61. The van der Waals surface area contributed by atoms with Crippen molar-refractivity contribution < 1.29 is 14.3 Å². The first kappa shape index (κ1) is 19.6. The van der Waals surface area contributed by atoms with Gasteiger partial charge in [-0.05, 0) is 56.5 Å². The highest BCUT2D eigenvalue weighted by molar-refractivity contribution is 9.10. The number of carbonyl (C=O) groups is 2. The summed E-state index contributed by atoms with van der Waals surface area (Å²) in [6.07, 6.45) is 0.684. The van der Waals surface area contributed by atoms with Gasteiger partial charge in [0, 0.05) is 21.1 Å². The van der Waals surface area contributed by atoms with Crippen LogP contribution in [-0.2, 0) is 19.7 Å². The van der Waals surface area contributed by atoms with Crippen LogP contribution in [0.15, 0.2) is 53.0 Å². The van der Waals surface area contributed by atoms with Crippen LogP contribution in [-0.4, -0.2) is 24.0 Å². The number of ether oxygens (including phenoxy) is 1. The van der Waals surface area contributed by atoms with Crippen LogP contribution in [0.5, 0.6) is 0 Å². The lowest BCUT2D eigenvalue weighted by Crippen LogP contribution is -2.57. The van der Waals surface area contributed by atoms with Gasteiger partial charge in [0.25, 0.3) is 0 Å². The number of nitrogens with zero attached hydrogens (tertiary/aromatic N) is 1. The highest BCUT2D eigenvalue weighted by atomic mass is 79.9. The van der Waals surface area contributed by atoms with E-state index in [2.05, 4.69) is 35.0 Å². The van der Waals surface area contributed by atoms with Gasteiger partial charge in [-0.2, -0.15) is 0 Å². The second kappa shape index (κ2) is 7.12. The lowest BCUT2D eigenvalue weighted by atomic mass is 9.65. The van der Waals surface area contributed by atoms with E-state index in [-0.39, 0.29) is 12.0 Å². The zero-order valence-electron chi connectivity index (χ0n) is 16.1. The highest BCUT2D eigenvalue weighted by Crippen LogP contribution is 2.50. The van der Waals surface area contributed by atoms with Gasteiger partial charge in [-0.1, -0.05) is 53.2 Å². The second-order valence-electron chi connectivity index (χ2n) is 7.71. The van der Waals surface area contributed by atoms with Gasteiger partial charge in [-0.3, -0.25) is 9.69 Å². The van der Waals surface area contributed by atoms with Crippen LogP contribution < -0.4 is 4.90 Å². The number of anilines is 1. The van der Waals surface area contributed by atoms with Crippen molar-refractivity contribution in [3.05, 3.63) is 64.1 Å². The van der Waals surface area contributed by atoms with Gasteiger partial charge in [0.2, 0.25) is 0 Å². The number of amides is 1. The van der Waals surface area contributed by atoms with Crippen molar-refractivity contribution in [1.29, 1.82) is 0 Å². The lowest BCUT2D eigenvalue weighted by molar-refractivity contribution is -0.153. The SMILES string of the molecule is CCOC(=O)C(=O)N1c2ccccc2[C@](C)(c2ccc(Br)cc2)CC1(C)C. The Morgan fingerprint density at radius 3 is 2.33 bits per heavy atom. The molecule has 5 heteroatoms. The van der Waals surface area contributed by atoms with Crippen molar-refractivity contribution in [2.24, 2.45) is 0 Å². The molecule has 0 spiro atoms. The Labute approximate surface area is 168 Å². The summed E-state index contributed by atoms with van der Waals surface area (Å²) in [6.45, 7) is 8.07. The van der Waals surface area contributed by atoms with E-state index in [0.717, 1.165) is 15.7 Å². The predicted octanol–water partition coefficient (Wildman–Crippen LogP) is 4.83. The first-order valence-corrected chi connectivity index (χ1v) is 9.87. The van der Waals surface area contributed by atoms with E-state index in [1.54, 1.807) is 11.8 Å². The molecular formula is C22H24BrNO3. The molecule has 2 aromatic carbocycles. The molecule has 0 radical (unpaired) electrons. The van der Waals surface area contributed by atoms with Gasteiger partial charge in [0.15, 0.2) is 0 Å². The fraction of sp³-hybridized carbons (Fsp3) is 0.364. The Balaban J connectivity index is 2.16. The number of hydrogen-bond donors (Lipinski definition) is 0. The molecule has 0 bridgehead atoms. The zero-order chi connectivity index (χ0) is 19.8. The molecule has 1 heterocycles. The fourth-order valence-electron chi connectivity index (χ4n) is 4.24. The predicted molar refractivity (Wildman–Crippen MR) is 110 cm³/mol. The minimum absolute atomic E-state index is 0.178. The standard InChI is InChI=1S/C22H24BrNO3/c1-5-27-20(26)19(25)24-18-9-7-6-8-17(18)22(4,14-21(24,2)3)15-10-12-16(23)13-11-15/h6-13H,5,14H2,1-4H3/t22-/m0/s1. The van der Waals surface area contributed by atoms with E-state index in [9.17, 15) is 9.59 Å². The van der Waals surface area contributed by atoms with Crippen LogP contribution in [0.4, 0.5) is 5.69 Å². The summed E-state index contributed by atoms with van der Waals surface area (Å²) in [7, 11) is 0. The Bertz CT molecular complexity index is 875. The maximum atomic E-state index is 12.9. The molecule has 0 aliphatic carbocycles. The smallest absolute Gasteiger partial charge is 0.397 e. The second-order valence-corrected chi connectivity index (χ2v) is 8.62. The van der Waals surface area contributed by atoms with Crippen molar-refractivity contribution in [3.8, 4) is 0 Å². The third kappa shape index (κ3) is 3.41. The largest absolute Gasteiger partial charge is 0.459 e. The monoisotopic (exact) mass is 429 g/mol. The van der Waals surface area contributed by atoms with E-state index in [1.807, 2.05) is 50.2 Å². The molecule has 0 N–H and O–H groups in total. The van der Waals surface area contributed by atoms with Crippen molar-refractivity contribution in [1.82, 2.24) is 0 Å². The third-order valence-electron chi connectivity index (χ3n) is 5.27. The van der Waals surface area contributed by atoms with E-state index < -0.39 is 17.4 Å². The van der Waals surface area contributed by atoms with Gasteiger partial charge < -0.3 is 4.74 Å². The van der Waals surface area contributed by atoms with Crippen LogP contribution >= 0.6 is 15.9 Å². The Morgan fingerprint density at radius 2 is 1.70 bits per heavy atom. The molecule has 27 heavy (non-hydrogen) atoms. The number of fused-ring (bicyclic) bond motifs is 1. The maximum Gasteiger partial charge on any atom is 0.397 e. The van der Waals surface area contributed by atoms with Crippen molar-refractivity contribution in [2.75, 3.05) is 11.5 Å². The van der Waals surface area contributed by atoms with Crippen LogP contribution in [0.3, 0.4) is 0 Å². The molecule has 3 rings (SSSR count). The van der Waals surface area contributed by atoms with E-state index >= 15 is 0 Å². The summed E-state index contributed by atoms with van der Waals surface area (Å²) in [5.41, 5.74) is 2.13. The highest BCUT2D eigenvalue weighted by Gasteiger charge is 2.49. The number of benzene rings is 2. The van der Waals surface area contributed by atoms with Crippen molar-refractivity contribution in [2.45, 2.75) is 45.1 Å². The summed E-state index contributed by atoms with van der Waals surface area (Å²) in [6, 6.07) is 16.1. The first-order valence-electron chi connectivity index (χ1n) is 9.07. The van der Waals surface area contributed by atoms with E-state index in [4.69, 9.17) is 4.74 Å². The lowest BCUT2D eigenvalue weighted by Gasteiger charge is -2.51. The van der Waals surface area contributed by atoms with Gasteiger partial charge >= 0.3 is 11.9 Å². The normalized spacial score (nSPS) is 20.7. The summed E-state index contributed by atoms with van der Waals surface area (Å²) in [5.74, 6) is -1.43. The number of para-hydroxylation sites is 1. The fourth-order valence-corrected chi connectivity index (χ4v) is 4.51. The molecule has 0 aromatic heterocycles. The van der Waals surface area contributed by atoms with E-state index in [0.29, 0.717) is 6.42 Å². The Morgan fingerprint density at radius 1 is 1.07 bits per heavy atom. The molecule has 1 aliphatic rings. The number of halogens is 1. The Kier molecular flexibility index (Phi) is 5.17. The number of hydrogen-bond acceptors (Lipinski definition) is 3. The topological polar surface area (TPSA) is 46.6 Å². The summed E-state index contributed by atoms with van der Waals surface area (Å²) < 4.78 is 6.00. The number of rotatable bonds is 2. The maximum absolute atomic E-state index is 12.9. The van der Waals surface area contributed by atoms with Crippen molar-refractivity contribution in [3.63, 3.8) is 0 Å². The molecule has 4 nitrogen and oxygen atoms in total. The minimum atomic E-state index is -0.812. The number of esters is 1. The van der Waals surface area contributed by atoms with Gasteiger partial charge in [-0.15, -0.1) is 0 Å². The summed E-state index contributed by atoms with van der Waals surface area (Å²) >= 11 is 3.50. The molecule has 0 saturated carbocycles. The molecule has 2 aromatic rings. The molecule has 1 aliphatic heterocycles. The molecule has 0 fully saturated rings. The molecule has 1 amide bonds. The van der Waals surface area contributed by atoms with Gasteiger partial charge in [-0.25, -0.2) is 4.79 Å². The summed E-state index contributed by atoms with van der Waals surface area (Å²) in [4.78, 5) is 26.7. The van der Waals surface area contributed by atoms with Crippen LogP contribution in [0.2, 0.25) is 0 Å². The van der Waals surface area contributed by atoms with E-state index in [1.165, 1.54) is 5.56 Å². The zero-order valence-corrected chi connectivity index (χ0v) is 17.7. The number of carbonyl (C=O) groups excluding carboxylic acids is 2. The summed E-state index contributed by atoms with van der Waals surface area (Å²) in [5, 5.41) is 0. The van der Waals surface area contributed by atoms with Crippen LogP contribution in [0.25, 0.3) is 0 Å². The van der Waals surface area contributed by atoms with Gasteiger partial charge in [0.05, 0.1) is 6.61 Å². The minimum Gasteiger partial charge on any atom is -0.459 e. The van der Waals surface area contributed by atoms with Crippen molar-refractivity contribution >= 4 is 33.5 Å². The molecule has 0 saturated heterocycles. The molecular weight excluding hydrogens is 406 g/mol. The van der Waals surface area contributed by atoms with Crippen LogP contribution in [0.1, 0.15) is 45.2 Å². The Hall–Kier alpha value is -2.14. The molecule has 142 valence electrons. The quantitative estimate of drug-likeness (QED) is 0.506. The van der Waals surface area contributed by atoms with Crippen LogP contribution in [0, 0.1) is 0 Å². The molecule has 0 unspecified atom stereocenters. The third-order valence-corrected chi connectivity index (χ3v) is 5.79. The van der Waals surface area contributed by atoms with Gasteiger partial charge in [0.1, 0.15) is 0 Å². The average molecular weight is 430 g/mol. The molecule has 1 atom stereocenters.